The van der Waals surface area contributed by atoms with Crippen LogP contribution in [0.15, 0.2) is 12.2 Å². The lowest BCUT2D eigenvalue weighted by molar-refractivity contribution is 0.785. The van der Waals surface area contributed by atoms with E-state index < -0.39 is 0 Å². The summed E-state index contributed by atoms with van der Waals surface area (Å²) in [5.74, 6) is 0.691. The van der Waals surface area contributed by atoms with Gasteiger partial charge in [0, 0.05) is 0 Å². The van der Waals surface area contributed by atoms with E-state index in [9.17, 15) is 0 Å². The lowest BCUT2D eigenvalue weighted by Crippen LogP contribution is -1.81. The Balaban J connectivity index is 2.97. The van der Waals surface area contributed by atoms with Crippen molar-refractivity contribution in [3.63, 3.8) is 0 Å². The number of hydrogen-bond donors (Lipinski definition) is 0. The Morgan fingerprint density at radius 1 is 1.29 bits per heavy atom. The van der Waals surface area contributed by atoms with Crippen molar-refractivity contribution in [1.82, 2.24) is 0 Å². The van der Waals surface area contributed by atoms with Crippen LogP contribution in [0.25, 0.3) is 0 Å². The summed E-state index contributed by atoms with van der Waals surface area (Å²) in [5.41, 5.74) is 0. The molecule has 0 aromatic rings. The molecule has 0 aromatic heterocycles. The van der Waals surface area contributed by atoms with Crippen molar-refractivity contribution in [3.05, 3.63) is 18.6 Å². The summed E-state index contributed by atoms with van der Waals surface area (Å²) in [5, 5.41) is 0. The van der Waals surface area contributed by atoms with Gasteiger partial charge in [-0.1, -0.05) is 26.0 Å². The molecule has 0 atom stereocenters. The molecule has 0 rings (SSSR count). The lowest BCUT2D eigenvalue weighted by Gasteiger charge is -1.93. The van der Waals surface area contributed by atoms with Crippen LogP contribution in [-0.4, -0.2) is 0 Å². The Morgan fingerprint density at radius 3 is 2.00 bits per heavy atom. The van der Waals surface area contributed by atoms with Gasteiger partial charge < -0.3 is 0 Å². The molecule has 0 spiro atoms. The van der Waals surface area contributed by atoms with Crippen LogP contribution < -0.4 is 0 Å². The molecule has 0 N–H and O–H groups in total. The average molecular weight is 97.2 g/mol. The van der Waals surface area contributed by atoms with Gasteiger partial charge in [0.15, 0.2) is 0 Å². The van der Waals surface area contributed by atoms with Gasteiger partial charge in [0.2, 0.25) is 0 Å². The average Bonchev–Trinajstić information content (AvgIpc) is 1.61. The second-order valence-corrected chi connectivity index (χ2v) is 1.96. The minimum absolute atomic E-state index is 0.691. The molecular weight excluding hydrogens is 84.1 g/mol. The molecule has 0 unspecified atom stereocenters. The highest BCUT2D eigenvalue weighted by molar-refractivity contribution is 4.93. The first-order chi connectivity index (χ1) is 3.27. The molecule has 0 aliphatic rings. The first kappa shape index (κ1) is 6.74. The molecule has 0 bridgehead atoms. The summed E-state index contributed by atoms with van der Waals surface area (Å²) >= 11 is 0. The van der Waals surface area contributed by atoms with Crippen molar-refractivity contribution in [1.29, 1.82) is 0 Å². The molecule has 0 aliphatic heterocycles. The fourth-order valence-corrected chi connectivity index (χ4v) is 0.333. The Labute approximate surface area is 46.2 Å². The van der Waals surface area contributed by atoms with E-state index in [1.54, 1.807) is 0 Å². The third-order valence-corrected chi connectivity index (χ3v) is 0.688. The van der Waals surface area contributed by atoms with Gasteiger partial charge in [-0.15, -0.1) is 0 Å². The molecule has 0 amide bonds. The van der Waals surface area contributed by atoms with E-state index in [2.05, 4.69) is 26.3 Å². The Bertz CT molecular complexity index is 51.1. The molecule has 7 heavy (non-hydrogen) atoms. The molecule has 41 valence electrons. The maximum atomic E-state index is 2.17. The van der Waals surface area contributed by atoms with Gasteiger partial charge >= 0.3 is 0 Å². The van der Waals surface area contributed by atoms with Gasteiger partial charge in [0.05, 0.1) is 0 Å². The van der Waals surface area contributed by atoms with E-state index in [0.717, 1.165) is 0 Å². The zero-order valence-electron chi connectivity index (χ0n) is 5.31. The highest BCUT2D eigenvalue weighted by Crippen LogP contribution is 1.96. The van der Waals surface area contributed by atoms with E-state index in [1.807, 2.05) is 13.0 Å². The smallest absolute Gasteiger partial charge is 0.0145 e. The normalized spacial score (nSPS) is 11.4. The highest BCUT2D eigenvalue weighted by atomic mass is 13.9. The predicted octanol–water partition coefficient (Wildman–Crippen LogP) is 2.42. The van der Waals surface area contributed by atoms with Gasteiger partial charge in [0.1, 0.15) is 0 Å². The summed E-state index contributed by atoms with van der Waals surface area (Å²) < 4.78 is 0. The van der Waals surface area contributed by atoms with Crippen LogP contribution in [-0.2, 0) is 0 Å². The maximum Gasteiger partial charge on any atom is -0.0145 e. The van der Waals surface area contributed by atoms with Crippen molar-refractivity contribution < 1.29 is 0 Å². The zero-order chi connectivity index (χ0) is 5.70. The van der Waals surface area contributed by atoms with Crippen LogP contribution in [0, 0.1) is 12.3 Å². The van der Waals surface area contributed by atoms with Crippen molar-refractivity contribution in [2.24, 2.45) is 5.92 Å². The van der Waals surface area contributed by atoms with Crippen LogP contribution in [0.1, 0.15) is 20.8 Å². The van der Waals surface area contributed by atoms with E-state index in [4.69, 9.17) is 0 Å². The van der Waals surface area contributed by atoms with Crippen LogP contribution in [0.5, 0.6) is 0 Å². The van der Waals surface area contributed by atoms with Crippen molar-refractivity contribution in [3.8, 4) is 0 Å². The molecule has 0 heterocycles. The molecule has 0 saturated heterocycles. The summed E-state index contributed by atoms with van der Waals surface area (Å²) in [6, 6.07) is 0. The van der Waals surface area contributed by atoms with Gasteiger partial charge in [-0.05, 0) is 19.3 Å². The monoisotopic (exact) mass is 97.1 g/mol. The van der Waals surface area contributed by atoms with Crippen molar-refractivity contribution in [2.75, 3.05) is 0 Å². The van der Waals surface area contributed by atoms with Gasteiger partial charge in [-0.3, -0.25) is 0 Å². The molecule has 0 fully saturated rings. The third-order valence-electron chi connectivity index (χ3n) is 0.688. The van der Waals surface area contributed by atoms with Crippen LogP contribution in [0.2, 0.25) is 0 Å². The molecule has 0 nitrogen and oxygen atoms in total. The minimum atomic E-state index is 0.691. The SMILES string of the molecule is C/C=C/[CH]C(C)C. The summed E-state index contributed by atoms with van der Waals surface area (Å²) in [7, 11) is 0. The molecule has 0 heteroatoms. The first-order valence-corrected chi connectivity index (χ1v) is 2.73. The van der Waals surface area contributed by atoms with Gasteiger partial charge in [-0.25, -0.2) is 0 Å². The predicted molar refractivity (Wildman–Crippen MR) is 34.0 cm³/mol. The largest absolute Gasteiger partial charge is 0.0914 e. The van der Waals surface area contributed by atoms with Crippen LogP contribution >= 0.6 is 0 Å². The molecular formula is C7H13. The zero-order valence-corrected chi connectivity index (χ0v) is 5.31. The van der Waals surface area contributed by atoms with Gasteiger partial charge in [0.25, 0.3) is 0 Å². The third kappa shape index (κ3) is 5.74. The van der Waals surface area contributed by atoms with Crippen molar-refractivity contribution >= 4 is 0 Å². The molecule has 0 aliphatic carbocycles. The lowest BCUT2D eigenvalue weighted by atomic mass is 10.1. The topological polar surface area (TPSA) is 0 Å². The van der Waals surface area contributed by atoms with Crippen LogP contribution in [0.4, 0.5) is 0 Å². The quantitative estimate of drug-likeness (QED) is 0.496. The number of allylic oxidation sites excluding steroid dienone is 2. The second-order valence-electron chi connectivity index (χ2n) is 1.96. The van der Waals surface area contributed by atoms with Crippen molar-refractivity contribution in [2.45, 2.75) is 20.8 Å². The fourth-order valence-electron chi connectivity index (χ4n) is 0.333. The summed E-state index contributed by atoms with van der Waals surface area (Å²) in [4.78, 5) is 0. The standard InChI is InChI=1S/C7H13/c1-4-5-6-7(2)3/h4-7H,1-3H3/b5-4+. The maximum absolute atomic E-state index is 2.17. The minimum Gasteiger partial charge on any atom is -0.0914 e. The Morgan fingerprint density at radius 2 is 1.86 bits per heavy atom. The molecule has 0 aromatic carbocycles. The van der Waals surface area contributed by atoms with Crippen LogP contribution in [0.3, 0.4) is 0 Å². The Hall–Kier alpha value is -0.260. The molecule has 0 saturated carbocycles. The van der Waals surface area contributed by atoms with E-state index in [1.165, 1.54) is 0 Å². The Kier molecular flexibility index (Phi) is 3.77. The van der Waals surface area contributed by atoms with E-state index in [0.29, 0.717) is 5.92 Å². The number of hydrogen-bond acceptors (Lipinski definition) is 0. The summed E-state index contributed by atoms with van der Waals surface area (Å²) in [6.45, 7) is 6.36. The second kappa shape index (κ2) is 3.91. The number of rotatable bonds is 2. The van der Waals surface area contributed by atoms with Gasteiger partial charge in [-0.2, -0.15) is 0 Å². The van der Waals surface area contributed by atoms with E-state index >= 15 is 0 Å². The highest BCUT2D eigenvalue weighted by Gasteiger charge is 1.84. The first-order valence-electron chi connectivity index (χ1n) is 2.73. The fraction of sp³-hybridized carbons (Fsp3) is 0.571. The van der Waals surface area contributed by atoms with E-state index in [-0.39, 0.29) is 0 Å². The summed E-state index contributed by atoms with van der Waals surface area (Å²) in [6.07, 6.45) is 6.28. The molecule has 1 radical (unpaired) electrons.